The molecular formula is C25H24N4O6. The van der Waals surface area contributed by atoms with Gasteiger partial charge in [-0.15, -0.1) is 0 Å². The average Bonchev–Trinajstić information content (AvgIpc) is 3.43. The summed E-state index contributed by atoms with van der Waals surface area (Å²) in [6.07, 6.45) is 0. The van der Waals surface area contributed by atoms with Crippen LogP contribution in [-0.2, 0) is 13.2 Å². The molecule has 4 aromatic rings. The van der Waals surface area contributed by atoms with E-state index in [-0.39, 0.29) is 23.8 Å². The number of nitrogens with one attached hydrogen (secondary N) is 1. The number of hydrogen-bond acceptors (Lipinski definition) is 7. The maximum absolute atomic E-state index is 12.8. The highest BCUT2D eigenvalue weighted by molar-refractivity contribution is 6.02. The molecule has 0 spiro atoms. The molecule has 2 heterocycles. The zero-order chi connectivity index (χ0) is 24.9. The van der Waals surface area contributed by atoms with Crippen molar-refractivity contribution in [3.63, 3.8) is 0 Å². The quantitative estimate of drug-likeness (QED) is 0.270. The van der Waals surface area contributed by atoms with E-state index in [1.54, 1.807) is 25.3 Å². The molecule has 0 aliphatic carbocycles. The highest BCUT2D eigenvalue weighted by Crippen LogP contribution is 2.27. The maximum atomic E-state index is 12.8. The minimum Gasteiger partial charge on any atom is -0.497 e. The van der Waals surface area contributed by atoms with Crippen molar-refractivity contribution < 1.29 is 23.6 Å². The Bertz CT molecular complexity index is 1370. The number of aryl methyl sites for hydroxylation is 1. The molecule has 10 nitrogen and oxygen atoms in total. The summed E-state index contributed by atoms with van der Waals surface area (Å²) in [7, 11) is 1.62. The van der Waals surface area contributed by atoms with Crippen LogP contribution in [0.1, 0.15) is 33.3 Å². The molecular weight excluding hydrogens is 452 g/mol. The molecule has 0 saturated carbocycles. The van der Waals surface area contributed by atoms with Gasteiger partial charge in [-0.3, -0.25) is 19.6 Å². The van der Waals surface area contributed by atoms with Crippen LogP contribution in [0.25, 0.3) is 0 Å². The summed E-state index contributed by atoms with van der Waals surface area (Å²) in [6, 6.07) is 16.9. The highest BCUT2D eigenvalue weighted by atomic mass is 16.6. The molecule has 0 atom stereocenters. The fourth-order valence-corrected chi connectivity index (χ4v) is 3.61. The Morgan fingerprint density at radius 1 is 1.14 bits per heavy atom. The first-order valence-electron chi connectivity index (χ1n) is 10.8. The van der Waals surface area contributed by atoms with Gasteiger partial charge in [0.1, 0.15) is 18.1 Å². The summed E-state index contributed by atoms with van der Waals surface area (Å²) in [4.78, 5) is 23.4. The van der Waals surface area contributed by atoms with Gasteiger partial charge in [-0.2, -0.15) is 5.10 Å². The van der Waals surface area contributed by atoms with Crippen molar-refractivity contribution in [3.8, 4) is 11.5 Å². The topological polar surface area (TPSA) is 122 Å². The highest BCUT2D eigenvalue weighted by Gasteiger charge is 2.19. The molecule has 0 aliphatic heterocycles. The number of amides is 1. The summed E-state index contributed by atoms with van der Waals surface area (Å²) < 4.78 is 18.2. The van der Waals surface area contributed by atoms with Crippen LogP contribution >= 0.6 is 0 Å². The van der Waals surface area contributed by atoms with Gasteiger partial charge >= 0.3 is 5.69 Å². The van der Waals surface area contributed by atoms with E-state index in [0.29, 0.717) is 23.7 Å². The van der Waals surface area contributed by atoms with Gasteiger partial charge in [0.15, 0.2) is 11.5 Å². The number of furan rings is 1. The number of benzene rings is 2. The summed E-state index contributed by atoms with van der Waals surface area (Å²) in [5, 5.41) is 18.5. The smallest absolute Gasteiger partial charge is 0.310 e. The maximum Gasteiger partial charge on any atom is 0.310 e. The van der Waals surface area contributed by atoms with Crippen molar-refractivity contribution >= 4 is 17.3 Å². The number of nitro benzene ring substituents is 1. The molecule has 0 saturated heterocycles. The van der Waals surface area contributed by atoms with Gasteiger partial charge in [0, 0.05) is 6.07 Å². The Balaban J connectivity index is 1.43. The van der Waals surface area contributed by atoms with Crippen LogP contribution < -0.4 is 14.8 Å². The van der Waals surface area contributed by atoms with E-state index < -0.39 is 10.8 Å². The lowest BCUT2D eigenvalue weighted by Gasteiger charge is -2.08. The molecule has 0 aliphatic rings. The fourth-order valence-electron chi connectivity index (χ4n) is 3.61. The molecule has 10 heteroatoms. The average molecular weight is 476 g/mol. The zero-order valence-corrected chi connectivity index (χ0v) is 19.5. The summed E-state index contributed by atoms with van der Waals surface area (Å²) in [5.74, 6) is 0.890. The second-order valence-corrected chi connectivity index (χ2v) is 7.79. The molecule has 2 aromatic heterocycles. The van der Waals surface area contributed by atoms with Gasteiger partial charge in [0.2, 0.25) is 0 Å². The Morgan fingerprint density at radius 2 is 1.94 bits per heavy atom. The normalized spacial score (nSPS) is 10.7. The largest absolute Gasteiger partial charge is 0.497 e. The van der Waals surface area contributed by atoms with E-state index in [4.69, 9.17) is 13.9 Å². The fraction of sp³-hybridized carbons (Fsp3) is 0.200. The van der Waals surface area contributed by atoms with Crippen molar-refractivity contribution in [2.75, 3.05) is 12.4 Å². The first kappa shape index (κ1) is 23.6. The van der Waals surface area contributed by atoms with Crippen LogP contribution in [0.15, 0.2) is 65.1 Å². The van der Waals surface area contributed by atoms with Gasteiger partial charge in [-0.25, -0.2) is 0 Å². The Labute approximate surface area is 201 Å². The third kappa shape index (κ3) is 5.32. The minimum atomic E-state index is -0.518. The van der Waals surface area contributed by atoms with Gasteiger partial charge in [0.25, 0.3) is 5.91 Å². The minimum absolute atomic E-state index is 0.0609. The van der Waals surface area contributed by atoms with Crippen LogP contribution in [0.5, 0.6) is 11.5 Å². The van der Waals surface area contributed by atoms with E-state index in [1.165, 1.54) is 18.2 Å². The number of carbonyl (C=O) groups is 1. The van der Waals surface area contributed by atoms with Crippen LogP contribution in [0.2, 0.25) is 0 Å². The SMILES string of the molecule is COc1cccc(Cn2nc(C)c(NC(=O)c3ccc(COc4ccccc4[N+](=O)[O-])o3)c2C)c1. The number of para-hydroxylation sites is 2. The van der Waals surface area contributed by atoms with E-state index in [0.717, 1.165) is 17.0 Å². The number of aromatic nitrogens is 2. The Kier molecular flexibility index (Phi) is 6.81. The third-order valence-electron chi connectivity index (χ3n) is 5.40. The molecule has 0 fully saturated rings. The predicted octanol–water partition coefficient (Wildman–Crippen LogP) is 4.89. The van der Waals surface area contributed by atoms with Crippen LogP contribution in [0.4, 0.5) is 11.4 Å². The van der Waals surface area contributed by atoms with Crippen molar-refractivity contribution in [1.29, 1.82) is 0 Å². The summed E-state index contributed by atoms with van der Waals surface area (Å²) in [6.45, 7) is 4.16. The molecule has 1 N–H and O–H groups in total. The van der Waals surface area contributed by atoms with Crippen molar-refractivity contribution in [3.05, 3.63) is 99.2 Å². The van der Waals surface area contributed by atoms with Crippen molar-refractivity contribution in [1.82, 2.24) is 9.78 Å². The van der Waals surface area contributed by atoms with Crippen LogP contribution in [0.3, 0.4) is 0 Å². The Morgan fingerprint density at radius 3 is 2.71 bits per heavy atom. The van der Waals surface area contributed by atoms with Gasteiger partial charge in [0.05, 0.1) is 35.7 Å². The van der Waals surface area contributed by atoms with Gasteiger partial charge in [-0.05, 0) is 49.7 Å². The van der Waals surface area contributed by atoms with E-state index in [2.05, 4.69) is 10.4 Å². The second-order valence-electron chi connectivity index (χ2n) is 7.79. The molecule has 4 rings (SSSR count). The Hall–Kier alpha value is -4.60. The van der Waals surface area contributed by atoms with E-state index in [1.807, 2.05) is 42.8 Å². The third-order valence-corrected chi connectivity index (χ3v) is 5.40. The lowest BCUT2D eigenvalue weighted by atomic mass is 10.2. The molecule has 180 valence electrons. The van der Waals surface area contributed by atoms with Crippen molar-refractivity contribution in [2.24, 2.45) is 0 Å². The number of rotatable bonds is 9. The molecule has 2 aromatic carbocycles. The lowest BCUT2D eigenvalue weighted by molar-refractivity contribution is -0.386. The number of ether oxygens (including phenoxy) is 2. The van der Waals surface area contributed by atoms with Gasteiger partial charge in [-0.1, -0.05) is 24.3 Å². The van der Waals surface area contributed by atoms with Crippen LogP contribution in [-0.4, -0.2) is 27.7 Å². The number of hydrogen-bond donors (Lipinski definition) is 1. The number of carbonyl (C=O) groups excluding carboxylic acids is 1. The number of anilines is 1. The molecule has 0 unspecified atom stereocenters. The standard InChI is InChI=1S/C25H24N4O6/c1-16-24(17(2)28(27-16)14-18-7-6-8-19(13-18)33-3)26-25(30)23-12-11-20(35-23)15-34-22-10-5-4-9-21(22)29(31)32/h4-13H,14-15H2,1-3H3,(H,26,30). The number of nitrogens with zero attached hydrogens (tertiary/aromatic N) is 3. The van der Waals surface area contributed by atoms with E-state index >= 15 is 0 Å². The van der Waals surface area contributed by atoms with Gasteiger partial charge < -0.3 is 19.2 Å². The number of nitro groups is 1. The molecule has 0 bridgehead atoms. The number of methoxy groups -OCH3 is 1. The summed E-state index contributed by atoms with van der Waals surface area (Å²) >= 11 is 0. The predicted molar refractivity (Wildman–Crippen MR) is 128 cm³/mol. The molecule has 35 heavy (non-hydrogen) atoms. The van der Waals surface area contributed by atoms with Crippen LogP contribution in [0, 0.1) is 24.0 Å². The van der Waals surface area contributed by atoms with E-state index in [9.17, 15) is 14.9 Å². The second kappa shape index (κ2) is 10.1. The molecule has 0 radical (unpaired) electrons. The first-order chi connectivity index (χ1) is 16.9. The van der Waals surface area contributed by atoms with Crippen molar-refractivity contribution in [2.45, 2.75) is 27.0 Å². The molecule has 1 amide bonds. The lowest BCUT2D eigenvalue weighted by Crippen LogP contribution is -2.12. The monoisotopic (exact) mass is 476 g/mol. The summed E-state index contributed by atoms with van der Waals surface area (Å²) in [5.41, 5.74) is 2.94. The first-order valence-corrected chi connectivity index (χ1v) is 10.8. The zero-order valence-electron chi connectivity index (χ0n) is 19.5.